The van der Waals surface area contributed by atoms with Gasteiger partial charge in [0.05, 0.1) is 5.69 Å². The molecule has 5 nitrogen and oxygen atoms in total. The Kier molecular flexibility index (Phi) is 4.44. The van der Waals surface area contributed by atoms with E-state index in [1.807, 2.05) is 6.07 Å². The van der Waals surface area contributed by atoms with Crippen LogP contribution in [0.4, 0.5) is 5.69 Å². The minimum atomic E-state index is -3.43. The van der Waals surface area contributed by atoms with Crippen LogP contribution in [-0.4, -0.2) is 27.5 Å². The summed E-state index contributed by atoms with van der Waals surface area (Å²) in [7, 11) is -2.01. The Bertz CT molecular complexity index is 522. The van der Waals surface area contributed by atoms with Gasteiger partial charge in [-0.3, -0.25) is 0 Å². The van der Waals surface area contributed by atoms with Crippen LogP contribution < -0.4 is 15.8 Å². The van der Waals surface area contributed by atoms with Crippen LogP contribution in [0.2, 0.25) is 0 Å². The minimum Gasteiger partial charge on any atom is -0.381 e. The van der Waals surface area contributed by atoms with Crippen molar-refractivity contribution in [3.05, 3.63) is 24.3 Å². The van der Waals surface area contributed by atoms with Crippen molar-refractivity contribution in [3.8, 4) is 0 Å². The second kappa shape index (κ2) is 5.90. The lowest BCUT2D eigenvalue weighted by molar-refractivity contribution is 0.410. The van der Waals surface area contributed by atoms with Gasteiger partial charge in [-0.1, -0.05) is 12.1 Å². The average Bonchev–Trinajstić information content (AvgIpc) is 2.42. The number of para-hydroxylation sites is 1. The molecule has 0 spiro atoms. The molecule has 0 saturated heterocycles. The van der Waals surface area contributed by atoms with Gasteiger partial charge in [0.25, 0.3) is 0 Å². The normalized spacial score (nSPS) is 24.1. The number of rotatable bonds is 4. The van der Waals surface area contributed by atoms with Gasteiger partial charge in [0.2, 0.25) is 10.0 Å². The molecular weight excluding hydrogens is 262 g/mol. The molecule has 2 rings (SSSR count). The maximum absolute atomic E-state index is 11.9. The molecule has 0 amide bonds. The molecule has 19 heavy (non-hydrogen) atoms. The Hall–Kier alpha value is -1.11. The predicted octanol–water partition coefficient (Wildman–Crippen LogP) is 1.28. The molecule has 1 saturated carbocycles. The molecule has 0 unspecified atom stereocenters. The lowest BCUT2D eigenvalue weighted by Crippen LogP contribution is -2.33. The van der Waals surface area contributed by atoms with Crippen molar-refractivity contribution in [1.82, 2.24) is 4.72 Å². The molecule has 0 heterocycles. The molecule has 1 aliphatic rings. The van der Waals surface area contributed by atoms with Crippen molar-refractivity contribution < 1.29 is 8.42 Å². The van der Waals surface area contributed by atoms with E-state index in [-0.39, 0.29) is 6.04 Å². The van der Waals surface area contributed by atoms with E-state index in [0.29, 0.717) is 16.6 Å². The largest absolute Gasteiger partial charge is 0.381 e. The van der Waals surface area contributed by atoms with E-state index in [1.54, 1.807) is 18.2 Å². The summed E-state index contributed by atoms with van der Waals surface area (Å²) >= 11 is 0. The third-order valence-corrected chi connectivity index (χ3v) is 5.05. The van der Waals surface area contributed by atoms with Gasteiger partial charge in [-0.2, -0.15) is 0 Å². The SMILES string of the molecule is CNS(=O)(=O)c1ccccc1NC1CCC(N)CC1. The van der Waals surface area contributed by atoms with Crippen molar-refractivity contribution in [1.29, 1.82) is 0 Å². The van der Waals surface area contributed by atoms with E-state index >= 15 is 0 Å². The summed E-state index contributed by atoms with van der Waals surface area (Å²) in [4.78, 5) is 0.298. The van der Waals surface area contributed by atoms with Gasteiger partial charge >= 0.3 is 0 Å². The number of nitrogens with two attached hydrogens (primary N) is 1. The predicted molar refractivity (Wildman–Crippen MR) is 76.5 cm³/mol. The van der Waals surface area contributed by atoms with Gasteiger partial charge in [-0.05, 0) is 44.9 Å². The Labute approximate surface area is 114 Å². The molecule has 4 N–H and O–H groups in total. The quantitative estimate of drug-likeness (QED) is 0.777. The van der Waals surface area contributed by atoms with Crippen LogP contribution in [0, 0.1) is 0 Å². The van der Waals surface area contributed by atoms with Crippen LogP contribution in [-0.2, 0) is 10.0 Å². The standard InChI is InChI=1S/C13H21N3O2S/c1-15-19(17,18)13-5-3-2-4-12(13)16-11-8-6-10(14)7-9-11/h2-5,10-11,15-16H,6-9,14H2,1H3. The van der Waals surface area contributed by atoms with Gasteiger partial charge in [0.15, 0.2) is 0 Å². The zero-order valence-corrected chi connectivity index (χ0v) is 11.9. The fourth-order valence-electron chi connectivity index (χ4n) is 2.41. The summed E-state index contributed by atoms with van der Waals surface area (Å²) in [6, 6.07) is 7.57. The van der Waals surface area contributed by atoms with Crippen LogP contribution in [0.3, 0.4) is 0 Å². The van der Waals surface area contributed by atoms with Gasteiger partial charge in [-0.15, -0.1) is 0 Å². The molecule has 0 radical (unpaired) electrons. The Balaban J connectivity index is 2.17. The van der Waals surface area contributed by atoms with Crippen molar-refractivity contribution in [3.63, 3.8) is 0 Å². The molecule has 0 aromatic heterocycles. The fourth-order valence-corrected chi connectivity index (χ4v) is 3.31. The van der Waals surface area contributed by atoms with Gasteiger partial charge in [0.1, 0.15) is 4.90 Å². The Morgan fingerprint density at radius 2 is 1.79 bits per heavy atom. The van der Waals surface area contributed by atoms with Gasteiger partial charge in [0, 0.05) is 12.1 Å². The second-order valence-corrected chi connectivity index (χ2v) is 6.81. The highest BCUT2D eigenvalue weighted by Crippen LogP contribution is 2.25. The lowest BCUT2D eigenvalue weighted by Gasteiger charge is -2.28. The van der Waals surface area contributed by atoms with E-state index in [2.05, 4.69) is 10.0 Å². The molecule has 6 heteroatoms. The highest BCUT2D eigenvalue weighted by atomic mass is 32.2. The van der Waals surface area contributed by atoms with Crippen LogP contribution >= 0.6 is 0 Å². The summed E-state index contributed by atoms with van der Waals surface area (Å²) in [6.07, 6.45) is 3.93. The molecule has 0 aliphatic heterocycles. The number of hydrogen-bond acceptors (Lipinski definition) is 4. The maximum Gasteiger partial charge on any atom is 0.242 e. The molecular formula is C13H21N3O2S. The van der Waals surface area contributed by atoms with Crippen LogP contribution in [0.1, 0.15) is 25.7 Å². The van der Waals surface area contributed by atoms with Crippen LogP contribution in [0.5, 0.6) is 0 Å². The van der Waals surface area contributed by atoms with Crippen molar-refractivity contribution in [2.75, 3.05) is 12.4 Å². The summed E-state index contributed by atoms with van der Waals surface area (Å²) in [6.45, 7) is 0. The van der Waals surface area contributed by atoms with E-state index in [9.17, 15) is 8.42 Å². The molecule has 0 atom stereocenters. The van der Waals surface area contributed by atoms with Crippen molar-refractivity contribution in [2.45, 2.75) is 42.7 Å². The number of hydrogen-bond donors (Lipinski definition) is 3. The maximum atomic E-state index is 11.9. The molecule has 0 bridgehead atoms. The van der Waals surface area contributed by atoms with Gasteiger partial charge < -0.3 is 11.1 Å². The average molecular weight is 283 g/mol. The molecule has 1 aromatic carbocycles. The number of anilines is 1. The summed E-state index contributed by atoms with van der Waals surface area (Å²) in [5.74, 6) is 0. The van der Waals surface area contributed by atoms with Crippen molar-refractivity contribution in [2.24, 2.45) is 5.73 Å². The van der Waals surface area contributed by atoms with Crippen LogP contribution in [0.15, 0.2) is 29.2 Å². The van der Waals surface area contributed by atoms with E-state index in [1.165, 1.54) is 7.05 Å². The second-order valence-electron chi connectivity index (χ2n) is 4.96. The Morgan fingerprint density at radius 3 is 2.42 bits per heavy atom. The monoisotopic (exact) mass is 283 g/mol. The minimum absolute atomic E-state index is 0.286. The van der Waals surface area contributed by atoms with E-state index in [4.69, 9.17) is 5.73 Å². The van der Waals surface area contributed by atoms with Crippen molar-refractivity contribution >= 4 is 15.7 Å². The summed E-state index contributed by atoms with van der Waals surface area (Å²) in [5.41, 5.74) is 6.54. The first kappa shape index (κ1) is 14.3. The number of nitrogens with one attached hydrogen (secondary N) is 2. The summed E-state index contributed by atoms with van der Waals surface area (Å²) in [5, 5.41) is 3.34. The number of sulfonamides is 1. The highest BCUT2D eigenvalue weighted by Gasteiger charge is 2.21. The molecule has 106 valence electrons. The van der Waals surface area contributed by atoms with Crippen LogP contribution in [0.25, 0.3) is 0 Å². The van der Waals surface area contributed by atoms with E-state index in [0.717, 1.165) is 25.7 Å². The number of benzene rings is 1. The third kappa shape index (κ3) is 3.46. The first-order valence-corrected chi connectivity index (χ1v) is 8.06. The topological polar surface area (TPSA) is 84.2 Å². The molecule has 1 aliphatic carbocycles. The smallest absolute Gasteiger partial charge is 0.242 e. The zero-order chi connectivity index (χ0) is 13.9. The summed E-state index contributed by atoms with van der Waals surface area (Å²) < 4.78 is 26.2. The lowest BCUT2D eigenvalue weighted by atomic mass is 9.92. The van der Waals surface area contributed by atoms with E-state index < -0.39 is 10.0 Å². The highest BCUT2D eigenvalue weighted by molar-refractivity contribution is 7.89. The zero-order valence-electron chi connectivity index (χ0n) is 11.1. The Morgan fingerprint density at radius 1 is 1.16 bits per heavy atom. The third-order valence-electron chi connectivity index (χ3n) is 3.58. The fraction of sp³-hybridized carbons (Fsp3) is 0.538. The van der Waals surface area contributed by atoms with Gasteiger partial charge in [-0.25, -0.2) is 13.1 Å². The first-order valence-electron chi connectivity index (χ1n) is 6.57. The first-order chi connectivity index (χ1) is 9.03. The molecule has 1 aromatic rings. The molecule has 1 fully saturated rings.